The first-order valence-electron chi connectivity index (χ1n) is 8.68. The molecule has 0 atom stereocenters. The summed E-state index contributed by atoms with van der Waals surface area (Å²) in [7, 11) is 1.94. The Bertz CT molecular complexity index is 715. The van der Waals surface area contributed by atoms with Gasteiger partial charge in [0.2, 0.25) is 0 Å². The minimum absolute atomic E-state index is 0.184. The summed E-state index contributed by atoms with van der Waals surface area (Å²) in [5.41, 5.74) is 6.37. The molecule has 3 N–H and O–H groups in total. The van der Waals surface area contributed by atoms with Crippen molar-refractivity contribution in [3.05, 3.63) is 64.7 Å². The maximum Gasteiger partial charge on any atom is 0.166 e. The van der Waals surface area contributed by atoms with Crippen LogP contribution in [0.1, 0.15) is 43.0 Å². The predicted molar refractivity (Wildman–Crippen MR) is 112 cm³/mol. The van der Waals surface area contributed by atoms with E-state index >= 15 is 0 Å². The molecule has 2 aromatic carbocycles. The third-order valence-corrected chi connectivity index (χ3v) is 4.57. The number of hydrogen-bond acceptors (Lipinski definition) is 2. The molecule has 0 unspecified atom stereocenters. The van der Waals surface area contributed by atoms with Gasteiger partial charge in [-0.3, -0.25) is 0 Å². The maximum absolute atomic E-state index is 5.38. The molecule has 0 aliphatic carbocycles. The van der Waals surface area contributed by atoms with Crippen molar-refractivity contribution in [1.82, 2.24) is 10.6 Å². The van der Waals surface area contributed by atoms with Gasteiger partial charge < -0.3 is 16.0 Å². The van der Waals surface area contributed by atoms with E-state index in [4.69, 9.17) is 12.2 Å². The van der Waals surface area contributed by atoms with Gasteiger partial charge in [0.15, 0.2) is 5.11 Å². The van der Waals surface area contributed by atoms with Crippen LogP contribution in [0, 0.1) is 6.92 Å². The molecule has 3 nitrogen and oxygen atoms in total. The second-order valence-electron chi connectivity index (χ2n) is 7.38. The summed E-state index contributed by atoms with van der Waals surface area (Å²) in [6.45, 7) is 10.2. The number of thiocarbonyl (C=S) groups is 1. The lowest BCUT2D eigenvalue weighted by Gasteiger charge is -2.19. The molecule has 0 heterocycles. The standard InChI is InChI=1S/C21H29N3S/c1-15-12-17(8-11-19(15)22-5)14-24-20(25)23-13-16-6-9-18(10-7-16)21(2,3)4/h6-12,22H,13-14H2,1-5H3,(H2,23,24,25). The highest BCUT2D eigenvalue weighted by molar-refractivity contribution is 7.80. The van der Waals surface area contributed by atoms with Crippen LogP contribution in [-0.2, 0) is 18.5 Å². The van der Waals surface area contributed by atoms with E-state index in [2.05, 4.69) is 86.1 Å². The van der Waals surface area contributed by atoms with Crippen LogP contribution in [0.5, 0.6) is 0 Å². The fourth-order valence-electron chi connectivity index (χ4n) is 2.67. The van der Waals surface area contributed by atoms with Crippen molar-refractivity contribution in [2.24, 2.45) is 0 Å². The van der Waals surface area contributed by atoms with Gasteiger partial charge in [-0.15, -0.1) is 0 Å². The van der Waals surface area contributed by atoms with Gasteiger partial charge in [-0.25, -0.2) is 0 Å². The SMILES string of the molecule is CNc1ccc(CNC(=S)NCc2ccc(C(C)(C)C)cc2)cc1C. The molecule has 0 aliphatic rings. The summed E-state index contributed by atoms with van der Waals surface area (Å²) >= 11 is 5.38. The highest BCUT2D eigenvalue weighted by Crippen LogP contribution is 2.22. The monoisotopic (exact) mass is 355 g/mol. The van der Waals surface area contributed by atoms with E-state index in [-0.39, 0.29) is 5.41 Å². The largest absolute Gasteiger partial charge is 0.388 e. The number of aryl methyl sites for hydroxylation is 1. The van der Waals surface area contributed by atoms with E-state index in [1.807, 2.05) is 7.05 Å². The molecule has 4 heteroatoms. The van der Waals surface area contributed by atoms with Gasteiger partial charge >= 0.3 is 0 Å². The van der Waals surface area contributed by atoms with Crippen molar-refractivity contribution >= 4 is 23.0 Å². The molecular formula is C21H29N3S. The molecule has 0 saturated carbocycles. The van der Waals surface area contributed by atoms with Crippen molar-refractivity contribution in [1.29, 1.82) is 0 Å². The minimum Gasteiger partial charge on any atom is -0.388 e. The number of rotatable bonds is 5. The summed E-state index contributed by atoms with van der Waals surface area (Å²) in [5.74, 6) is 0. The lowest BCUT2D eigenvalue weighted by atomic mass is 9.87. The fourth-order valence-corrected chi connectivity index (χ4v) is 2.81. The molecule has 0 radical (unpaired) electrons. The Morgan fingerprint density at radius 2 is 1.48 bits per heavy atom. The molecule has 0 saturated heterocycles. The molecule has 0 aliphatic heterocycles. The Morgan fingerprint density at radius 3 is 2.00 bits per heavy atom. The molecule has 134 valence electrons. The zero-order valence-electron chi connectivity index (χ0n) is 15.9. The average molecular weight is 356 g/mol. The minimum atomic E-state index is 0.184. The molecule has 25 heavy (non-hydrogen) atoms. The lowest BCUT2D eigenvalue weighted by Crippen LogP contribution is -2.34. The van der Waals surface area contributed by atoms with Crippen molar-refractivity contribution in [3.63, 3.8) is 0 Å². The maximum atomic E-state index is 5.38. The molecule has 0 fully saturated rings. The zero-order valence-corrected chi connectivity index (χ0v) is 16.7. The normalized spacial score (nSPS) is 11.1. The number of anilines is 1. The van der Waals surface area contributed by atoms with E-state index < -0.39 is 0 Å². The second kappa shape index (κ2) is 8.34. The van der Waals surface area contributed by atoms with E-state index in [1.165, 1.54) is 22.3 Å². The van der Waals surface area contributed by atoms with Crippen molar-refractivity contribution in [2.75, 3.05) is 12.4 Å². The molecule has 0 aromatic heterocycles. The van der Waals surface area contributed by atoms with Crippen molar-refractivity contribution in [2.45, 2.75) is 46.2 Å². The first kappa shape index (κ1) is 19.3. The predicted octanol–water partition coefficient (Wildman–Crippen LogP) is 4.50. The fraction of sp³-hybridized carbons (Fsp3) is 0.381. The molecule has 2 rings (SSSR count). The van der Waals surface area contributed by atoms with Gasteiger partial charge in [0.25, 0.3) is 0 Å². The molecule has 0 bridgehead atoms. The first-order chi connectivity index (χ1) is 11.8. The van der Waals surface area contributed by atoms with Crippen LogP contribution in [-0.4, -0.2) is 12.2 Å². The van der Waals surface area contributed by atoms with E-state index in [1.54, 1.807) is 0 Å². The van der Waals surface area contributed by atoms with Gasteiger partial charge in [-0.1, -0.05) is 57.2 Å². The Kier molecular flexibility index (Phi) is 6.43. The Balaban J connectivity index is 1.82. The van der Waals surface area contributed by atoms with Gasteiger partial charge in [-0.05, 0) is 52.9 Å². The summed E-state index contributed by atoms with van der Waals surface area (Å²) in [6.07, 6.45) is 0. The zero-order chi connectivity index (χ0) is 18.4. The summed E-state index contributed by atoms with van der Waals surface area (Å²) in [4.78, 5) is 0. The number of hydrogen-bond donors (Lipinski definition) is 3. The van der Waals surface area contributed by atoms with Gasteiger partial charge in [0.1, 0.15) is 0 Å². The van der Waals surface area contributed by atoms with Crippen LogP contribution >= 0.6 is 12.2 Å². The smallest absolute Gasteiger partial charge is 0.166 e. The Hall–Kier alpha value is -2.07. The quantitative estimate of drug-likeness (QED) is 0.690. The highest BCUT2D eigenvalue weighted by Gasteiger charge is 2.12. The van der Waals surface area contributed by atoms with Gasteiger partial charge in [0, 0.05) is 25.8 Å². The van der Waals surface area contributed by atoms with Crippen LogP contribution in [0.3, 0.4) is 0 Å². The van der Waals surface area contributed by atoms with Crippen molar-refractivity contribution < 1.29 is 0 Å². The molecule has 0 spiro atoms. The lowest BCUT2D eigenvalue weighted by molar-refractivity contribution is 0.590. The second-order valence-corrected chi connectivity index (χ2v) is 7.79. The Labute approximate surface area is 157 Å². The van der Waals surface area contributed by atoms with Crippen LogP contribution < -0.4 is 16.0 Å². The average Bonchev–Trinajstić information content (AvgIpc) is 2.58. The highest BCUT2D eigenvalue weighted by atomic mass is 32.1. The van der Waals surface area contributed by atoms with E-state index in [9.17, 15) is 0 Å². The van der Waals surface area contributed by atoms with Crippen LogP contribution in [0.2, 0.25) is 0 Å². The summed E-state index contributed by atoms with van der Waals surface area (Å²) in [6, 6.07) is 15.1. The van der Waals surface area contributed by atoms with E-state index in [0.29, 0.717) is 5.11 Å². The first-order valence-corrected chi connectivity index (χ1v) is 9.09. The summed E-state index contributed by atoms with van der Waals surface area (Å²) in [5, 5.41) is 10.4. The van der Waals surface area contributed by atoms with Crippen molar-refractivity contribution in [3.8, 4) is 0 Å². The summed E-state index contributed by atoms with van der Waals surface area (Å²) < 4.78 is 0. The van der Waals surface area contributed by atoms with Gasteiger partial charge in [0.05, 0.1) is 0 Å². The van der Waals surface area contributed by atoms with Crippen LogP contribution in [0.15, 0.2) is 42.5 Å². The molecular weight excluding hydrogens is 326 g/mol. The van der Waals surface area contributed by atoms with Gasteiger partial charge in [-0.2, -0.15) is 0 Å². The van der Waals surface area contributed by atoms with E-state index in [0.717, 1.165) is 18.8 Å². The van der Waals surface area contributed by atoms with Crippen LogP contribution in [0.25, 0.3) is 0 Å². The molecule has 2 aromatic rings. The third-order valence-electron chi connectivity index (χ3n) is 4.29. The number of benzene rings is 2. The number of nitrogens with one attached hydrogen (secondary N) is 3. The topological polar surface area (TPSA) is 36.1 Å². The Morgan fingerprint density at radius 1 is 0.920 bits per heavy atom. The van der Waals surface area contributed by atoms with Crippen LogP contribution in [0.4, 0.5) is 5.69 Å². The third kappa shape index (κ3) is 5.75. The molecule has 0 amide bonds.